The summed E-state index contributed by atoms with van der Waals surface area (Å²) in [6, 6.07) is 12.5. The van der Waals surface area contributed by atoms with E-state index in [4.69, 9.17) is 21.3 Å². The Morgan fingerprint density at radius 3 is 2.71 bits per heavy atom. The van der Waals surface area contributed by atoms with Crippen molar-refractivity contribution in [3.8, 4) is 0 Å². The average Bonchev–Trinajstić information content (AvgIpc) is 3.13. The van der Waals surface area contributed by atoms with Crippen molar-refractivity contribution >= 4 is 45.7 Å². The van der Waals surface area contributed by atoms with E-state index in [-0.39, 0.29) is 12.3 Å². The molecule has 8 heteroatoms. The molecule has 0 atom stereocenters. The van der Waals surface area contributed by atoms with Gasteiger partial charge in [-0.2, -0.15) is 5.10 Å². The van der Waals surface area contributed by atoms with E-state index >= 15 is 0 Å². The molecule has 0 bridgehead atoms. The number of amides is 1. The summed E-state index contributed by atoms with van der Waals surface area (Å²) < 4.78 is 6.55. The number of benzene rings is 2. The molecule has 0 saturated carbocycles. The van der Waals surface area contributed by atoms with Crippen LogP contribution in [0.5, 0.6) is 0 Å². The quantitative estimate of drug-likeness (QED) is 0.465. The standard InChI is InChI=1S/C23H21ClN4O3/c1-13-16(14(2)28-22(25-13)17-6-4-5-7-19(17)27-28)9-11-21(29)26-20-12-15(23(30)31-3)8-10-18(20)24/h4-8,10,12H,9,11H2,1-3H3,(H,26,29). The highest BCUT2D eigenvalue weighted by molar-refractivity contribution is 6.33. The number of hydrogen-bond acceptors (Lipinski definition) is 5. The summed E-state index contributed by atoms with van der Waals surface area (Å²) in [7, 11) is 1.30. The van der Waals surface area contributed by atoms with Gasteiger partial charge in [0.1, 0.15) is 0 Å². The third-order valence-electron chi connectivity index (χ3n) is 5.28. The number of aromatic nitrogens is 3. The highest BCUT2D eigenvalue weighted by Crippen LogP contribution is 2.25. The fourth-order valence-electron chi connectivity index (χ4n) is 3.66. The molecule has 0 aliphatic heterocycles. The molecule has 0 spiro atoms. The zero-order valence-corrected chi connectivity index (χ0v) is 18.2. The summed E-state index contributed by atoms with van der Waals surface area (Å²) in [5.74, 6) is -0.710. The lowest BCUT2D eigenvalue weighted by molar-refractivity contribution is -0.116. The van der Waals surface area contributed by atoms with E-state index in [2.05, 4.69) is 10.4 Å². The third-order valence-corrected chi connectivity index (χ3v) is 5.61. The van der Waals surface area contributed by atoms with Crippen molar-refractivity contribution in [1.29, 1.82) is 0 Å². The second-order valence-electron chi connectivity index (χ2n) is 7.25. The molecule has 31 heavy (non-hydrogen) atoms. The maximum Gasteiger partial charge on any atom is 0.337 e. The average molecular weight is 437 g/mol. The number of nitrogens with one attached hydrogen (secondary N) is 1. The summed E-state index contributed by atoms with van der Waals surface area (Å²) in [5.41, 5.74) is 5.18. The molecular weight excluding hydrogens is 416 g/mol. The van der Waals surface area contributed by atoms with Crippen LogP contribution in [0.3, 0.4) is 0 Å². The minimum atomic E-state index is -0.496. The molecular formula is C23H21ClN4O3. The zero-order valence-electron chi connectivity index (χ0n) is 17.4. The van der Waals surface area contributed by atoms with Crippen LogP contribution in [0.4, 0.5) is 5.69 Å². The number of carbonyl (C=O) groups excluding carboxylic acids is 2. The molecule has 0 saturated heterocycles. The minimum absolute atomic E-state index is 0.214. The van der Waals surface area contributed by atoms with Gasteiger partial charge in [-0.25, -0.2) is 14.3 Å². The first-order valence-electron chi connectivity index (χ1n) is 9.80. The Labute approximate surface area is 184 Å². The van der Waals surface area contributed by atoms with Crippen LogP contribution in [-0.4, -0.2) is 33.6 Å². The molecule has 0 fully saturated rings. The maximum atomic E-state index is 12.6. The fourth-order valence-corrected chi connectivity index (χ4v) is 3.82. The van der Waals surface area contributed by atoms with E-state index < -0.39 is 5.97 Å². The van der Waals surface area contributed by atoms with Crippen LogP contribution in [0, 0.1) is 13.8 Å². The largest absolute Gasteiger partial charge is 0.465 e. The first kappa shape index (κ1) is 20.8. The SMILES string of the molecule is COC(=O)c1ccc(Cl)c(NC(=O)CCc2c(C)nc3c4ccccc4nn3c2C)c1. The van der Waals surface area contributed by atoms with Crippen molar-refractivity contribution in [3.63, 3.8) is 0 Å². The Kier molecular flexibility index (Phi) is 5.61. The minimum Gasteiger partial charge on any atom is -0.465 e. The van der Waals surface area contributed by atoms with E-state index in [9.17, 15) is 9.59 Å². The Morgan fingerprint density at radius 2 is 1.94 bits per heavy atom. The molecule has 7 nitrogen and oxygen atoms in total. The number of aryl methyl sites for hydroxylation is 2. The zero-order chi connectivity index (χ0) is 22.1. The summed E-state index contributed by atoms with van der Waals surface area (Å²) in [5, 5.41) is 8.77. The Hall–Kier alpha value is -3.45. The van der Waals surface area contributed by atoms with Crippen molar-refractivity contribution in [2.45, 2.75) is 26.7 Å². The smallest absolute Gasteiger partial charge is 0.337 e. The number of fused-ring (bicyclic) bond motifs is 3. The third kappa shape index (κ3) is 3.96. The van der Waals surface area contributed by atoms with Crippen LogP contribution >= 0.6 is 11.6 Å². The molecule has 158 valence electrons. The molecule has 0 unspecified atom stereocenters. The van der Waals surface area contributed by atoms with Crippen LogP contribution in [-0.2, 0) is 16.0 Å². The van der Waals surface area contributed by atoms with Crippen LogP contribution in [0.25, 0.3) is 16.6 Å². The van der Waals surface area contributed by atoms with Crippen LogP contribution in [0.1, 0.15) is 33.7 Å². The van der Waals surface area contributed by atoms with E-state index in [1.165, 1.54) is 13.2 Å². The predicted octanol–water partition coefficient (Wildman–Crippen LogP) is 4.51. The van der Waals surface area contributed by atoms with Crippen LogP contribution in [0.2, 0.25) is 5.02 Å². The number of carbonyl (C=O) groups is 2. The number of anilines is 1. The van der Waals surface area contributed by atoms with E-state index in [1.807, 2.05) is 42.6 Å². The molecule has 0 radical (unpaired) electrons. The molecule has 4 aromatic rings. The summed E-state index contributed by atoms with van der Waals surface area (Å²) in [6.07, 6.45) is 0.728. The second kappa shape index (κ2) is 8.35. The van der Waals surface area contributed by atoms with Gasteiger partial charge in [-0.05, 0) is 56.2 Å². The van der Waals surface area contributed by atoms with Crippen molar-refractivity contribution in [1.82, 2.24) is 14.6 Å². The Morgan fingerprint density at radius 1 is 1.16 bits per heavy atom. The summed E-state index contributed by atoms with van der Waals surface area (Å²) in [4.78, 5) is 29.1. The lowest BCUT2D eigenvalue weighted by Gasteiger charge is -2.12. The van der Waals surface area contributed by atoms with E-state index in [1.54, 1.807) is 12.1 Å². The Balaban J connectivity index is 1.55. The van der Waals surface area contributed by atoms with Gasteiger partial charge in [0.2, 0.25) is 5.91 Å². The highest BCUT2D eigenvalue weighted by atomic mass is 35.5. The number of methoxy groups -OCH3 is 1. The van der Waals surface area contributed by atoms with Crippen molar-refractivity contribution in [2.24, 2.45) is 0 Å². The molecule has 2 aromatic carbocycles. The van der Waals surface area contributed by atoms with Gasteiger partial charge in [0, 0.05) is 23.2 Å². The Bertz CT molecular complexity index is 1330. The lowest BCUT2D eigenvalue weighted by atomic mass is 10.1. The van der Waals surface area contributed by atoms with Crippen LogP contribution < -0.4 is 5.32 Å². The van der Waals surface area contributed by atoms with Gasteiger partial charge < -0.3 is 10.1 Å². The number of halogens is 1. The molecule has 0 aliphatic carbocycles. The summed E-state index contributed by atoms with van der Waals surface area (Å²) in [6.45, 7) is 3.93. The van der Waals surface area contributed by atoms with Crippen molar-refractivity contribution in [3.05, 3.63) is 70.0 Å². The molecule has 2 aromatic heterocycles. The van der Waals surface area contributed by atoms with Gasteiger partial charge in [0.15, 0.2) is 5.65 Å². The number of nitrogens with zero attached hydrogens (tertiary/aromatic N) is 3. The van der Waals surface area contributed by atoms with Crippen molar-refractivity contribution < 1.29 is 14.3 Å². The first-order valence-corrected chi connectivity index (χ1v) is 10.2. The molecule has 2 heterocycles. The fraction of sp³-hybridized carbons (Fsp3) is 0.217. The van der Waals surface area contributed by atoms with Crippen LogP contribution in [0.15, 0.2) is 42.5 Å². The van der Waals surface area contributed by atoms with Gasteiger partial charge in [0.25, 0.3) is 0 Å². The second-order valence-corrected chi connectivity index (χ2v) is 7.66. The first-order chi connectivity index (χ1) is 14.9. The lowest BCUT2D eigenvalue weighted by Crippen LogP contribution is -2.15. The summed E-state index contributed by atoms with van der Waals surface area (Å²) >= 11 is 6.17. The van der Waals surface area contributed by atoms with E-state index in [0.717, 1.165) is 33.5 Å². The van der Waals surface area contributed by atoms with Gasteiger partial charge in [0.05, 0.1) is 28.9 Å². The number of ether oxygens (including phenoxy) is 1. The van der Waals surface area contributed by atoms with Gasteiger partial charge >= 0.3 is 5.97 Å². The number of esters is 1. The van der Waals surface area contributed by atoms with Gasteiger partial charge in [-0.15, -0.1) is 0 Å². The molecule has 1 amide bonds. The molecule has 4 rings (SSSR count). The normalized spacial score (nSPS) is 11.1. The molecule has 1 N–H and O–H groups in total. The van der Waals surface area contributed by atoms with Crippen molar-refractivity contribution in [2.75, 3.05) is 12.4 Å². The topological polar surface area (TPSA) is 85.6 Å². The van der Waals surface area contributed by atoms with E-state index in [0.29, 0.717) is 22.7 Å². The maximum absolute atomic E-state index is 12.6. The molecule has 0 aliphatic rings. The van der Waals surface area contributed by atoms with Gasteiger partial charge in [-0.3, -0.25) is 4.79 Å². The predicted molar refractivity (Wildman–Crippen MR) is 120 cm³/mol. The highest BCUT2D eigenvalue weighted by Gasteiger charge is 2.16. The number of hydrogen-bond donors (Lipinski definition) is 1. The van der Waals surface area contributed by atoms with Gasteiger partial charge in [-0.1, -0.05) is 23.7 Å². The monoisotopic (exact) mass is 436 g/mol. The number of rotatable bonds is 5.